The number of hydrogen-bond acceptors (Lipinski definition) is 6. The maximum atomic E-state index is 12.4. The minimum atomic E-state index is -0.370. The third-order valence-electron chi connectivity index (χ3n) is 3.85. The summed E-state index contributed by atoms with van der Waals surface area (Å²) in [6.07, 6.45) is 2.88. The summed E-state index contributed by atoms with van der Waals surface area (Å²) in [6.45, 7) is 8.43. The molecule has 24 heavy (non-hydrogen) atoms. The van der Waals surface area contributed by atoms with Gasteiger partial charge in [0.05, 0.1) is 18.7 Å². The van der Waals surface area contributed by atoms with Gasteiger partial charge in [0.15, 0.2) is 0 Å². The lowest BCUT2D eigenvalue weighted by molar-refractivity contribution is -0.117. The second-order valence-electron chi connectivity index (χ2n) is 5.70. The maximum Gasteiger partial charge on any atom is 0.341 e. The number of nitrogens with zero attached hydrogens (tertiary/aromatic N) is 1. The molecule has 0 aromatic carbocycles. The molecule has 0 saturated carbocycles. The summed E-state index contributed by atoms with van der Waals surface area (Å²) in [4.78, 5) is 27.7. The van der Waals surface area contributed by atoms with Gasteiger partial charge in [0, 0.05) is 16.7 Å². The Morgan fingerprint density at radius 3 is 2.58 bits per heavy atom. The molecule has 1 atom stereocenters. The van der Waals surface area contributed by atoms with Gasteiger partial charge in [-0.1, -0.05) is 6.92 Å². The highest BCUT2D eigenvalue weighted by atomic mass is 32.2. The van der Waals surface area contributed by atoms with Gasteiger partial charge >= 0.3 is 5.97 Å². The molecule has 1 aromatic rings. The van der Waals surface area contributed by atoms with Gasteiger partial charge in [-0.05, 0) is 46.1 Å². The number of amides is 1. The summed E-state index contributed by atoms with van der Waals surface area (Å²) in [5, 5.41) is 3.50. The molecule has 5 nitrogen and oxygen atoms in total. The van der Waals surface area contributed by atoms with Crippen molar-refractivity contribution >= 4 is 40.0 Å². The Hall–Kier alpha value is -1.05. The van der Waals surface area contributed by atoms with Gasteiger partial charge in [0.2, 0.25) is 5.91 Å². The summed E-state index contributed by atoms with van der Waals surface area (Å²) in [6, 6.07) is 0.312. The average Bonchev–Trinajstić information content (AvgIpc) is 2.83. The van der Waals surface area contributed by atoms with Crippen LogP contribution in [-0.4, -0.2) is 55.0 Å². The van der Waals surface area contributed by atoms with E-state index in [1.807, 2.05) is 25.8 Å². The van der Waals surface area contributed by atoms with Gasteiger partial charge < -0.3 is 10.1 Å². The van der Waals surface area contributed by atoms with Crippen LogP contribution < -0.4 is 5.32 Å². The molecule has 0 radical (unpaired) electrons. The zero-order chi connectivity index (χ0) is 18.3. The van der Waals surface area contributed by atoms with Crippen LogP contribution in [0.4, 0.5) is 5.00 Å². The predicted molar refractivity (Wildman–Crippen MR) is 103 cm³/mol. The first-order chi connectivity index (χ1) is 11.3. The lowest BCUT2D eigenvalue weighted by atomic mass is 10.1. The SMILES string of the molecule is CCOC(=O)c1c(NC(=O)CN(C)[C@@H](C)CSC)sc(CC)c1C. The first kappa shape index (κ1) is 21.0. The number of carbonyl (C=O) groups is 2. The van der Waals surface area contributed by atoms with Crippen molar-refractivity contribution in [2.75, 3.05) is 37.5 Å². The molecular formula is C17H28N2O3S2. The van der Waals surface area contributed by atoms with Gasteiger partial charge in [-0.2, -0.15) is 11.8 Å². The predicted octanol–water partition coefficient (Wildman–Crippen LogP) is 3.42. The lowest BCUT2D eigenvalue weighted by Crippen LogP contribution is -2.37. The zero-order valence-corrected chi connectivity index (χ0v) is 17.0. The number of anilines is 1. The molecule has 136 valence electrons. The lowest BCUT2D eigenvalue weighted by Gasteiger charge is -2.23. The molecule has 0 aliphatic rings. The quantitative estimate of drug-likeness (QED) is 0.673. The number of rotatable bonds is 9. The Kier molecular flexibility index (Phi) is 8.80. The fourth-order valence-corrected chi connectivity index (χ4v) is 4.24. The highest BCUT2D eigenvalue weighted by Crippen LogP contribution is 2.34. The van der Waals surface area contributed by atoms with Crippen LogP contribution in [0.3, 0.4) is 0 Å². The Balaban J connectivity index is 2.89. The summed E-state index contributed by atoms with van der Waals surface area (Å²) < 4.78 is 5.14. The van der Waals surface area contributed by atoms with E-state index in [2.05, 4.69) is 18.5 Å². The Morgan fingerprint density at radius 1 is 1.38 bits per heavy atom. The van der Waals surface area contributed by atoms with Crippen LogP contribution >= 0.6 is 23.1 Å². The molecule has 0 bridgehead atoms. The first-order valence-corrected chi connectivity index (χ1v) is 10.3. The number of aryl methyl sites for hydroxylation is 1. The molecule has 1 aromatic heterocycles. The Bertz CT molecular complexity index is 572. The molecule has 1 rings (SSSR count). The van der Waals surface area contributed by atoms with Crippen molar-refractivity contribution < 1.29 is 14.3 Å². The van der Waals surface area contributed by atoms with Crippen LogP contribution in [0.5, 0.6) is 0 Å². The second-order valence-corrected chi connectivity index (χ2v) is 7.71. The number of hydrogen-bond donors (Lipinski definition) is 1. The van der Waals surface area contributed by atoms with E-state index >= 15 is 0 Å². The monoisotopic (exact) mass is 372 g/mol. The van der Waals surface area contributed by atoms with Crippen LogP contribution in [0.15, 0.2) is 0 Å². The van der Waals surface area contributed by atoms with E-state index in [4.69, 9.17) is 4.74 Å². The van der Waals surface area contributed by atoms with Gasteiger partial charge in [-0.25, -0.2) is 4.79 Å². The Morgan fingerprint density at radius 2 is 2.04 bits per heavy atom. The smallest absolute Gasteiger partial charge is 0.341 e. The van der Waals surface area contributed by atoms with Gasteiger partial charge in [0.25, 0.3) is 0 Å². The minimum absolute atomic E-state index is 0.111. The topological polar surface area (TPSA) is 58.6 Å². The highest BCUT2D eigenvalue weighted by molar-refractivity contribution is 7.98. The summed E-state index contributed by atoms with van der Waals surface area (Å²) >= 11 is 3.22. The third-order valence-corrected chi connectivity index (χ3v) is 6.02. The largest absolute Gasteiger partial charge is 0.462 e. The van der Waals surface area contributed by atoms with E-state index in [0.717, 1.165) is 22.6 Å². The van der Waals surface area contributed by atoms with E-state index in [0.29, 0.717) is 29.8 Å². The summed E-state index contributed by atoms with van der Waals surface area (Å²) in [7, 11) is 1.93. The molecule has 0 aliphatic heterocycles. The molecule has 1 amide bonds. The van der Waals surface area contributed by atoms with Crippen molar-refractivity contribution in [1.82, 2.24) is 4.90 Å². The van der Waals surface area contributed by atoms with Crippen molar-refractivity contribution in [3.05, 3.63) is 16.0 Å². The highest BCUT2D eigenvalue weighted by Gasteiger charge is 2.23. The van der Waals surface area contributed by atoms with Crippen molar-refractivity contribution in [3.8, 4) is 0 Å². The van der Waals surface area contributed by atoms with Crippen molar-refractivity contribution in [1.29, 1.82) is 0 Å². The van der Waals surface area contributed by atoms with E-state index in [9.17, 15) is 9.59 Å². The van der Waals surface area contributed by atoms with Crippen molar-refractivity contribution in [2.45, 2.75) is 40.2 Å². The number of nitrogens with one attached hydrogen (secondary N) is 1. The average molecular weight is 373 g/mol. The van der Waals surface area contributed by atoms with Crippen molar-refractivity contribution in [2.24, 2.45) is 0 Å². The normalized spacial score (nSPS) is 12.3. The second kappa shape index (κ2) is 10.1. The molecule has 0 aliphatic carbocycles. The molecule has 0 fully saturated rings. The van der Waals surface area contributed by atoms with Crippen molar-refractivity contribution in [3.63, 3.8) is 0 Å². The minimum Gasteiger partial charge on any atom is -0.462 e. The molecule has 1 N–H and O–H groups in total. The van der Waals surface area contributed by atoms with E-state index in [-0.39, 0.29) is 11.9 Å². The third kappa shape index (κ3) is 5.50. The van der Waals surface area contributed by atoms with Gasteiger partial charge in [0.1, 0.15) is 5.00 Å². The fourth-order valence-electron chi connectivity index (χ4n) is 2.35. The van der Waals surface area contributed by atoms with Crippen LogP contribution in [0.1, 0.15) is 41.6 Å². The van der Waals surface area contributed by atoms with Crippen LogP contribution in [0.25, 0.3) is 0 Å². The molecule has 0 saturated heterocycles. The summed E-state index contributed by atoms with van der Waals surface area (Å²) in [5.74, 6) is 0.487. The molecule has 0 spiro atoms. The van der Waals surface area contributed by atoms with E-state index in [1.165, 1.54) is 11.3 Å². The molecule has 1 heterocycles. The first-order valence-electron chi connectivity index (χ1n) is 8.13. The van der Waals surface area contributed by atoms with E-state index < -0.39 is 0 Å². The van der Waals surface area contributed by atoms with E-state index in [1.54, 1.807) is 18.7 Å². The number of carbonyl (C=O) groups excluding carboxylic acids is 2. The van der Waals surface area contributed by atoms with Crippen LogP contribution in [0.2, 0.25) is 0 Å². The zero-order valence-electron chi connectivity index (χ0n) is 15.4. The fraction of sp³-hybridized carbons (Fsp3) is 0.647. The van der Waals surface area contributed by atoms with Gasteiger partial charge in [-0.3, -0.25) is 9.69 Å². The number of ether oxygens (including phenoxy) is 1. The summed E-state index contributed by atoms with van der Waals surface area (Å²) in [5.41, 5.74) is 1.40. The molecule has 7 heteroatoms. The number of thioether (sulfide) groups is 1. The number of thiophene rings is 1. The molecule has 0 unspecified atom stereocenters. The maximum absolute atomic E-state index is 12.4. The number of likely N-dealkylation sites (N-methyl/N-ethyl adjacent to an activating group) is 1. The Labute approximate surface area is 153 Å². The van der Waals surface area contributed by atoms with Gasteiger partial charge in [-0.15, -0.1) is 11.3 Å². The van der Waals surface area contributed by atoms with Crippen LogP contribution in [-0.2, 0) is 16.0 Å². The number of esters is 1. The molecular weight excluding hydrogens is 344 g/mol. The standard InChI is InChI=1S/C17H28N2O3S2/c1-7-13-12(4)15(17(21)22-8-2)16(24-13)18-14(20)9-19(5)11(3)10-23-6/h11H,7-10H2,1-6H3,(H,18,20)/t11-/m0/s1. The van der Waals surface area contributed by atoms with Crippen LogP contribution in [0, 0.1) is 6.92 Å².